The molecule has 1 heterocycles. The van der Waals surface area contributed by atoms with Crippen LogP contribution in [-0.4, -0.2) is 40.0 Å². The van der Waals surface area contributed by atoms with Gasteiger partial charge in [-0.05, 0) is 79.8 Å². The molecule has 1 aliphatic carbocycles. The lowest BCUT2D eigenvalue weighted by atomic mass is 9.92. The average Bonchev–Trinajstić information content (AvgIpc) is 3.00. The molecule has 0 aliphatic heterocycles. The molecular weight excluding hydrogens is 548 g/mol. The number of hydrogen-bond acceptors (Lipinski definition) is 7. The predicted octanol–water partition coefficient (Wildman–Crippen LogP) is 5.46. The van der Waals surface area contributed by atoms with E-state index in [-0.39, 0.29) is 41.6 Å². The molecule has 10 heteroatoms. The Bertz CT molecular complexity index is 1580. The zero-order valence-corrected chi connectivity index (χ0v) is 23.4. The van der Waals surface area contributed by atoms with Crippen LogP contribution < -0.4 is 25.8 Å². The lowest BCUT2D eigenvalue weighted by Crippen LogP contribution is -2.39. The molecule has 1 fully saturated rings. The number of nitrogen functional groups attached to an aromatic ring is 1. The van der Waals surface area contributed by atoms with Gasteiger partial charge in [-0.1, -0.05) is 30.3 Å². The molecule has 220 valence electrons. The minimum atomic E-state index is -1.11. The van der Waals surface area contributed by atoms with Gasteiger partial charge in [-0.3, -0.25) is 9.59 Å². The summed E-state index contributed by atoms with van der Waals surface area (Å²) in [6, 6.07) is 24.1. The van der Waals surface area contributed by atoms with Crippen molar-refractivity contribution in [2.45, 2.75) is 44.2 Å². The van der Waals surface area contributed by atoms with Crippen LogP contribution >= 0.6 is 0 Å². The van der Waals surface area contributed by atoms with E-state index in [1.54, 1.807) is 72.9 Å². The van der Waals surface area contributed by atoms with E-state index >= 15 is 0 Å². The van der Waals surface area contributed by atoms with Gasteiger partial charge in [0.25, 0.3) is 5.91 Å². The van der Waals surface area contributed by atoms with Gasteiger partial charge in [0.05, 0.1) is 29.3 Å². The second-order valence-corrected chi connectivity index (χ2v) is 10.3. The molecule has 0 saturated heterocycles. The number of benzene rings is 3. The molecule has 1 saturated carbocycles. The molecular formula is C33H32N4O6. The molecule has 0 atom stereocenters. The Morgan fingerprint density at radius 2 is 1.51 bits per heavy atom. The first kappa shape index (κ1) is 29.1. The van der Waals surface area contributed by atoms with Gasteiger partial charge < -0.3 is 30.9 Å². The summed E-state index contributed by atoms with van der Waals surface area (Å²) in [5.74, 6) is 0.0746. The maximum atomic E-state index is 12.5. The second-order valence-electron chi connectivity index (χ2n) is 10.3. The fraction of sp³-hybridized carbons (Fsp3) is 0.212. The van der Waals surface area contributed by atoms with Crippen LogP contribution in [0.25, 0.3) is 0 Å². The Morgan fingerprint density at radius 1 is 0.837 bits per heavy atom. The van der Waals surface area contributed by atoms with Crippen LogP contribution in [0.5, 0.6) is 17.4 Å². The Balaban J connectivity index is 1.06. The fourth-order valence-corrected chi connectivity index (χ4v) is 4.93. The average molecular weight is 581 g/mol. The van der Waals surface area contributed by atoms with Crippen LogP contribution in [-0.2, 0) is 11.2 Å². The number of nitrogens with two attached hydrogens (primary N) is 1. The van der Waals surface area contributed by atoms with Gasteiger partial charge in [0, 0.05) is 24.0 Å². The molecule has 1 aromatic heterocycles. The number of pyridine rings is 1. The molecule has 4 aromatic rings. The van der Waals surface area contributed by atoms with Crippen molar-refractivity contribution in [3.63, 3.8) is 0 Å². The van der Waals surface area contributed by atoms with Crippen LogP contribution in [0.15, 0.2) is 91.1 Å². The molecule has 2 amide bonds. The van der Waals surface area contributed by atoms with Crippen molar-refractivity contribution < 1.29 is 29.0 Å². The zero-order valence-electron chi connectivity index (χ0n) is 23.4. The first-order valence-corrected chi connectivity index (χ1v) is 14.0. The Labute approximate surface area is 248 Å². The normalized spacial score (nSPS) is 16.1. The topological polar surface area (TPSA) is 153 Å². The summed E-state index contributed by atoms with van der Waals surface area (Å²) >= 11 is 0. The van der Waals surface area contributed by atoms with Crippen molar-refractivity contribution in [1.29, 1.82) is 0 Å². The van der Waals surface area contributed by atoms with E-state index < -0.39 is 5.97 Å². The van der Waals surface area contributed by atoms with Crippen LogP contribution in [0.2, 0.25) is 0 Å². The van der Waals surface area contributed by atoms with Gasteiger partial charge in [-0.15, -0.1) is 0 Å². The highest BCUT2D eigenvalue weighted by atomic mass is 16.5. The van der Waals surface area contributed by atoms with Gasteiger partial charge in [-0.25, -0.2) is 9.78 Å². The number of amides is 2. The maximum Gasteiger partial charge on any atom is 0.337 e. The number of nitrogens with one attached hydrogen (secondary N) is 2. The van der Waals surface area contributed by atoms with Crippen LogP contribution in [0.4, 0.5) is 11.4 Å². The minimum Gasteiger partial charge on any atom is -0.490 e. The number of aromatic nitrogens is 1. The summed E-state index contributed by atoms with van der Waals surface area (Å²) in [5.41, 5.74) is 7.81. The van der Waals surface area contributed by atoms with E-state index in [9.17, 15) is 19.5 Å². The first-order chi connectivity index (χ1) is 20.8. The summed E-state index contributed by atoms with van der Waals surface area (Å²) in [4.78, 5) is 40.6. The summed E-state index contributed by atoms with van der Waals surface area (Å²) in [7, 11) is 0. The molecule has 0 spiro atoms. The largest absolute Gasteiger partial charge is 0.490 e. The van der Waals surface area contributed by atoms with E-state index in [1.807, 2.05) is 12.1 Å². The molecule has 0 unspecified atom stereocenters. The zero-order chi connectivity index (χ0) is 30.2. The SMILES string of the molecule is Nc1ccccc1C(=O)NC1CCC(Oc2ccc(Oc3ccc(CC(=O)Nc4ccccc4C(=O)O)cn3)cc2)CC1. The summed E-state index contributed by atoms with van der Waals surface area (Å²) in [6.07, 6.45) is 4.94. The van der Waals surface area contributed by atoms with Crippen molar-refractivity contribution in [2.75, 3.05) is 11.1 Å². The van der Waals surface area contributed by atoms with Crippen LogP contribution in [0.1, 0.15) is 52.0 Å². The van der Waals surface area contributed by atoms with Crippen molar-refractivity contribution >= 4 is 29.2 Å². The molecule has 0 bridgehead atoms. The minimum absolute atomic E-state index is 0.0253. The number of carbonyl (C=O) groups excluding carboxylic acids is 2. The number of nitrogens with zero attached hydrogens (tertiary/aromatic N) is 1. The number of rotatable bonds is 10. The number of hydrogen-bond donors (Lipinski definition) is 4. The van der Waals surface area contributed by atoms with E-state index in [4.69, 9.17) is 15.2 Å². The van der Waals surface area contributed by atoms with Crippen LogP contribution in [0, 0.1) is 0 Å². The second kappa shape index (κ2) is 13.5. The lowest BCUT2D eigenvalue weighted by molar-refractivity contribution is -0.115. The smallest absolute Gasteiger partial charge is 0.337 e. The summed E-state index contributed by atoms with van der Waals surface area (Å²) in [6.45, 7) is 0. The Morgan fingerprint density at radius 3 is 2.19 bits per heavy atom. The monoisotopic (exact) mass is 580 g/mol. The van der Waals surface area contributed by atoms with Gasteiger partial charge in [0.2, 0.25) is 11.8 Å². The number of carboxylic acids is 1. The van der Waals surface area contributed by atoms with Crippen molar-refractivity contribution in [2.24, 2.45) is 0 Å². The highest BCUT2D eigenvalue weighted by Crippen LogP contribution is 2.27. The standard InChI is InChI=1S/C33H32N4O6/c34-28-7-3-1-5-26(28)32(39)36-22-10-12-23(13-11-22)42-24-14-16-25(17-15-24)43-31-18-9-21(20-35-31)19-30(38)37-29-8-4-2-6-27(29)33(40)41/h1-9,14-18,20,22-23H,10-13,19,34H2,(H,36,39)(H,37,38)(H,40,41). The van der Waals surface area contributed by atoms with E-state index in [2.05, 4.69) is 15.6 Å². The molecule has 5 N–H and O–H groups in total. The predicted molar refractivity (Wildman–Crippen MR) is 161 cm³/mol. The number of anilines is 2. The number of aromatic carboxylic acids is 1. The molecule has 43 heavy (non-hydrogen) atoms. The molecule has 10 nitrogen and oxygen atoms in total. The number of ether oxygens (including phenoxy) is 2. The highest BCUT2D eigenvalue weighted by Gasteiger charge is 2.24. The fourth-order valence-electron chi connectivity index (χ4n) is 4.93. The highest BCUT2D eigenvalue weighted by molar-refractivity contribution is 6.01. The van der Waals surface area contributed by atoms with Gasteiger partial charge >= 0.3 is 5.97 Å². The number of para-hydroxylation sites is 2. The van der Waals surface area contributed by atoms with Crippen LogP contribution in [0.3, 0.4) is 0 Å². The molecule has 1 aliphatic rings. The molecule has 3 aromatic carbocycles. The number of carbonyl (C=O) groups is 3. The third kappa shape index (κ3) is 7.88. The Kier molecular flexibility index (Phi) is 9.16. The van der Waals surface area contributed by atoms with E-state index in [0.29, 0.717) is 28.4 Å². The third-order valence-electron chi connectivity index (χ3n) is 7.16. The van der Waals surface area contributed by atoms with Crippen molar-refractivity contribution in [3.8, 4) is 17.4 Å². The quantitative estimate of drug-likeness (QED) is 0.181. The van der Waals surface area contributed by atoms with Gasteiger partial charge in [-0.2, -0.15) is 0 Å². The number of carboxylic acid groups (broad SMARTS) is 1. The molecule has 0 radical (unpaired) electrons. The third-order valence-corrected chi connectivity index (χ3v) is 7.16. The first-order valence-electron chi connectivity index (χ1n) is 14.0. The molecule has 5 rings (SSSR count). The van der Waals surface area contributed by atoms with Gasteiger partial charge in [0.15, 0.2) is 0 Å². The lowest BCUT2D eigenvalue weighted by Gasteiger charge is -2.29. The Hall–Kier alpha value is -5.38. The summed E-state index contributed by atoms with van der Waals surface area (Å²) in [5, 5.41) is 15.0. The maximum absolute atomic E-state index is 12.5. The van der Waals surface area contributed by atoms with Gasteiger partial charge in [0.1, 0.15) is 11.5 Å². The summed E-state index contributed by atoms with van der Waals surface area (Å²) < 4.78 is 12.0. The van der Waals surface area contributed by atoms with Crippen molar-refractivity contribution in [3.05, 3.63) is 108 Å². The van der Waals surface area contributed by atoms with E-state index in [0.717, 1.165) is 31.4 Å². The van der Waals surface area contributed by atoms with Crippen molar-refractivity contribution in [1.82, 2.24) is 10.3 Å². The van der Waals surface area contributed by atoms with E-state index in [1.165, 1.54) is 6.07 Å².